The van der Waals surface area contributed by atoms with Gasteiger partial charge in [-0.25, -0.2) is 0 Å². The van der Waals surface area contributed by atoms with Crippen LogP contribution in [0.3, 0.4) is 0 Å². The highest BCUT2D eigenvalue weighted by Crippen LogP contribution is 2.39. The Kier molecular flexibility index (Phi) is 11.0. The maximum absolute atomic E-state index is 13.5. The fourth-order valence-corrected chi connectivity index (χ4v) is 8.02. The SMILES string of the molecule is C[C@H]1CCc2c(sc(NC(=O)[C@@H](C)Sc3ccc(NC(=O)/C(=C/c4ccc(-c5ccc(Br)cc5)o4)NC(=O)c4ccccc4)cc3)c2C#N)C1. The fourth-order valence-electron chi connectivity index (χ4n) is 5.53. The van der Waals surface area contributed by atoms with Crippen molar-refractivity contribution in [1.82, 2.24) is 5.32 Å². The van der Waals surface area contributed by atoms with Crippen LogP contribution in [0.1, 0.15) is 52.4 Å². The van der Waals surface area contributed by atoms with E-state index >= 15 is 0 Å². The van der Waals surface area contributed by atoms with Gasteiger partial charge in [0.2, 0.25) is 5.91 Å². The van der Waals surface area contributed by atoms with Crippen LogP contribution >= 0.6 is 39.0 Å². The van der Waals surface area contributed by atoms with Crippen LogP contribution < -0.4 is 16.0 Å². The van der Waals surface area contributed by atoms with Gasteiger partial charge in [-0.15, -0.1) is 23.1 Å². The number of anilines is 2. The van der Waals surface area contributed by atoms with Crippen molar-refractivity contribution in [3.05, 3.63) is 128 Å². The topological polar surface area (TPSA) is 124 Å². The van der Waals surface area contributed by atoms with E-state index in [1.807, 2.05) is 49.4 Å². The molecule has 8 nitrogen and oxygen atoms in total. The van der Waals surface area contributed by atoms with Crippen molar-refractivity contribution < 1.29 is 18.8 Å². The Morgan fingerprint density at radius 3 is 2.46 bits per heavy atom. The maximum atomic E-state index is 13.5. The standard InChI is InChI=1S/C39H33BrN4O4S2/c1-23-8-18-31-32(22-41)39(50-35(31)20-23)44-36(45)24(2)49-30-16-13-28(14-17-30)42-38(47)33(43-37(46)26-6-4-3-5-7-26)21-29-15-19-34(48-29)25-9-11-27(40)12-10-25/h3-7,9-17,19,21,23-24H,8,18,20H2,1-2H3,(H,42,47)(H,43,46)(H,44,45)/b33-21-/t23-,24+/m0/s1. The minimum atomic E-state index is -0.537. The molecule has 50 heavy (non-hydrogen) atoms. The number of furan rings is 1. The number of thioether (sulfide) groups is 1. The van der Waals surface area contributed by atoms with Crippen molar-refractivity contribution in [1.29, 1.82) is 5.26 Å². The summed E-state index contributed by atoms with van der Waals surface area (Å²) in [4.78, 5) is 41.8. The summed E-state index contributed by atoms with van der Waals surface area (Å²) in [6.07, 6.45) is 4.34. The molecule has 1 aliphatic carbocycles. The molecule has 0 aliphatic heterocycles. The molecular weight excluding hydrogens is 732 g/mol. The summed E-state index contributed by atoms with van der Waals surface area (Å²) in [5.74, 6) is 0.417. The van der Waals surface area contributed by atoms with Crippen molar-refractivity contribution in [2.45, 2.75) is 43.3 Å². The largest absolute Gasteiger partial charge is 0.457 e. The van der Waals surface area contributed by atoms with Crippen molar-refractivity contribution >= 4 is 73.5 Å². The first-order chi connectivity index (χ1) is 24.2. The smallest absolute Gasteiger partial charge is 0.272 e. The summed E-state index contributed by atoms with van der Waals surface area (Å²) < 4.78 is 6.95. The Morgan fingerprint density at radius 2 is 1.74 bits per heavy atom. The van der Waals surface area contributed by atoms with Gasteiger partial charge in [-0.3, -0.25) is 14.4 Å². The van der Waals surface area contributed by atoms with Crippen LogP contribution in [0.15, 0.2) is 110 Å². The van der Waals surface area contributed by atoms with Crippen LogP contribution in [0, 0.1) is 17.2 Å². The Morgan fingerprint density at radius 1 is 1.00 bits per heavy atom. The Bertz CT molecular complexity index is 2100. The molecule has 252 valence electrons. The van der Waals surface area contributed by atoms with Crippen LogP contribution in [0.25, 0.3) is 17.4 Å². The van der Waals surface area contributed by atoms with E-state index in [9.17, 15) is 19.6 Å². The van der Waals surface area contributed by atoms with Crippen LogP contribution in [0.4, 0.5) is 10.7 Å². The Balaban J connectivity index is 1.13. The second-order valence-corrected chi connectivity index (χ2v) is 15.4. The second kappa shape index (κ2) is 15.8. The van der Waals surface area contributed by atoms with Crippen LogP contribution in [-0.2, 0) is 22.4 Å². The van der Waals surface area contributed by atoms with Gasteiger partial charge in [-0.2, -0.15) is 5.26 Å². The molecule has 1 aliphatic rings. The highest BCUT2D eigenvalue weighted by atomic mass is 79.9. The van der Waals surface area contributed by atoms with Gasteiger partial charge in [-0.05, 0) is 98.3 Å². The zero-order valence-electron chi connectivity index (χ0n) is 27.3. The molecule has 3 aromatic carbocycles. The number of amides is 3. The lowest BCUT2D eigenvalue weighted by Crippen LogP contribution is -2.30. The van der Waals surface area contributed by atoms with E-state index in [2.05, 4.69) is 44.9 Å². The lowest BCUT2D eigenvalue weighted by Gasteiger charge is -2.17. The van der Waals surface area contributed by atoms with Gasteiger partial charge in [0.15, 0.2) is 0 Å². The Hall–Kier alpha value is -4.89. The molecule has 0 unspecified atom stereocenters. The van der Waals surface area contributed by atoms with Crippen LogP contribution in [-0.4, -0.2) is 23.0 Å². The van der Waals surface area contributed by atoms with Crippen molar-refractivity contribution in [3.63, 3.8) is 0 Å². The third-order valence-electron chi connectivity index (χ3n) is 8.23. The fraction of sp³-hybridized carbons (Fsp3) is 0.179. The van der Waals surface area contributed by atoms with Crippen LogP contribution in [0.2, 0.25) is 0 Å². The van der Waals surface area contributed by atoms with E-state index in [1.165, 1.54) is 34.1 Å². The normalized spacial score (nSPS) is 14.6. The number of hydrogen-bond donors (Lipinski definition) is 3. The molecule has 0 saturated heterocycles. The van der Waals surface area contributed by atoms with E-state index in [1.54, 1.807) is 48.5 Å². The Labute approximate surface area is 307 Å². The number of benzene rings is 3. The third-order valence-corrected chi connectivity index (χ3v) is 11.0. The zero-order chi connectivity index (χ0) is 35.2. The van der Waals surface area contributed by atoms with E-state index < -0.39 is 17.1 Å². The summed E-state index contributed by atoms with van der Waals surface area (Å²) in [7, 11) is 0. The number of nitrogens with one attached hydrogen (secondary N) is 3. The van der Waals surface area contributed by atoms with Gasteiger partial charge in [0.25, 0.3) is 11.8 Å². The van der Waals surface area contributed by atoms with E-state index in [-0.39, 0.29) is 11.6 Å². The molecule has 0 radical (unpaired) electrons. The lowest BCUT2D eigenvalue weighted by molar-refractivity contribution is -0.115. The average Bonchev–Trinajstić information content (AvgIpc) is 3.73. The van der Waals surface area contributed by atoms with Gasteiger partial charge in [-0.1, -0.05) is 53.2 Å². The molecular formula is C39H33BrN4O4S2. The molecule has 0 fully saturated rings. The first-order valence-electron chi connectivity index (χ1n) is 16.0. The number of nitriles is 1. The first-order valence-corrected chi connectivity index (χ1v) is 18.5. The molecule has 2 atom stereocenters. The van der Waals surface area contributed by atoms with Crippen LogP contribution in [0.5, 0.6) is 0 Å². The van der Waals surface area contributed by atoms with Crippen molar-refractivity contribution in [2.75, 3.05) is 10.6 Å². The maximum Gasteiger partial charge on any atom is 0.272 e. The number of carbonyl (C=O) groups excluding carboxylic acids is 3. The summed E-state index contributed by atoms with van der Waals surface area (Å²) in [6.45, 7) is 4.03. The number of hydrogen-bond acceptors (Lipinski definition) is 7. The number of carbonyl (C=O) groups is 3. The molecule has 0 spiro atoms. The number of fused-ring (bicyclic) bond motifs is 1. The molecule has 0 bridgehead atoms. The lowest BCUT2D eigenvalue weighted by atomic mass is 9.89. The molecule has 3 amide bonds. The molecule has 5 aromatic rings. The summed E-state index contributed by atoms with van der Waals surface area (Å²) in [5.41, 5.74) is 3.44. The van der Waals surface area contributed by atoms with E-state index in [0.717, 1.165) is 39.8 Å². The summed E-state index contributed by atoms with van der Waals surface area (Å²) in [6, 6.07) is 29.2. The molecule has 6 rings (SSSR count). The molecule has 11 heteroatoms. The van der Waals surface area contributed by atoms with Gasteiger partial charge >= 0.3 is 0 Å². The van der Waals surface area contributed by atoms with Gasteiger partial charge in [0.1, 0.15) is 28.3 Å². The predicted molar refractivity (Wildman–Crippen MR) is 203 cm³/mol. The summed E-state index contributed by atoms with van der Waals surface area (Å²) in [5, 5.41) is 18.6. The number of nitrogens with zero attached hydrogens (tertiary/aromatic N) is 1. The third kappa shape index (κ3) is 8.45. The second-order valence-electron chi connectivity index (χ2n) is 12.0. The van der Waals surface area contributed by atoms with E-state index in [0.29, 0.717) is 39.3 Å². The van der Waals surface area contributed by atoms with E-state index in [4.69, 9.17) is 4.42 Å². The minimum Gasteiger partial charge on any atom is -0.457 e. The molecule has 2 heterocycles. The summed E-state index contributed by atoms with van der Waals surface area (Å²) >= 11 is 6.32. The number of thiophene rings is 1. The predicted octanol–water partition coefficient (Wildman–Crippen LogP) is 9.30. The molecule has 0 saturated carbocycles. The van der Waals surface area contributed by atoms with Crippen molar-refractivity contribution in [2.24, 2.45) is 5.92 Å². The van der Waals surface area contributed by atoms with Crippen molar-refractivity contribution in [3.8, 4) is 17.4 Å². The van der Waals surface area contributed by atoms with Gasteiger partial charge < -0.3 is 20.4 Å². The number of rotatable bonds is 10. The van der Waals surface area contributed by atoms with Gasteiger partial charge in [0, 0.05) is 37.1 Å². The monoisotopic (exact) mass is 764 g/mol. The molecule has 2 aromatic heterocycles. The molecule has 3 N–H and O–H groups in total. The zero-order valence-corrected chi connectivity index (χ0v) is 30.5. The highest BCUT2D eigenvalue weighted by molar-refractivity contribution is 9.10. The average molecular weight is 766 g/mol. The van der Waals surface area contributed by atoms with Gasteiger partial charge in [0.05, 0.1) is 10.8 Å². The highest BCUT2D eigenvalue weighted by Gasteiger charge is 2.26. The number of halogens is 1. The minimum absolute atomic E-state index is 0.000701. The quantitative estimate of drug-likeness (QED) is 0.0962. The first kappa shape index (κ1) is 35.0.